The zero-order chi connectivity index (χ0) is 28.3. The molecular weight excluding hydrogens is 578 g/mol. The van der Waals surface area contributed by atoms with Crippen molar-refractivity contribution in [1.82, 2.24) is 20.1 Å². The first-order valence-electron chi connectivity index (χ1n) is 11.2. The average Bonchev–Trinajstić information content (AvgIpc) is 3.30. The predicted molar refractivity (Wildman–Crippen MR) is 141 cm³/mol. The molecule has 0 spiro atoms. The molecule has 0 aliphatic carbocycles. The molecule has 1 N–H and O–H groups in total. The summed E-state index contributed by atoms with van der Waals surface area (Å²) in [5.41, 5.74) is 0.497. The summed E-state index contributed by atoms with van der Waals surface area (Å²) in [6.07, 6.45) is -4.47. The van der Waals surface area contributed by atoms with Crippen molar-refractivity contribution in [2.45, 2.75) is 30.6 Å². The van der Waals surface area contributed by atoms with Gasteiger partial charge in [0.25, 0.3) is 11.6 Å². The molecular formula is C25H18Cl2F3N5O3S. The molecule has 202 valence electrons. The standard InChI is InChI=1S/C25H18Cl2F3N5O3S/c1-14-5-6-16(10-21(14)35(37)38)23(36)31-12-22-32-33-24(34(22)18-7-8-19(26)20(27)11-18)39-13-15-3-2-4-17(9-15)25(28,29)30/h2-11H,12-13H2,1H3,(H,31,36). The van der Waals surface area contributed by atoms with Crippen molar-refractivity contribution in [3.63, 3.8) is 0 Å². The topological polar surface area (TPSA) is 103 Å². The minimum atomic E-state index is -4.47. The van der Waals surface area contributed by atoms with Gasteiger partial charge in [0.1, 0.15) is 0 Å². The number of hydrogen-bond acceptors (Lipinski definition) is 6. The van der Waals surface area contributed by atoms with Crippen molar-refractivity contribution in [3.8, 4) is 5.69 Å². The summed E-state index contributed by atoms with van der Waals surface area (Å²) < 4.78 is 41.0. The second kappa shape index (κ2) is 11.6. The van der Waals surface area contributed by atoms with Crippen molar-refractivity contribution in [2.75, 3.05) is 0 Å². The minimum Gasteiger partial charge on any atom is -0.345 e. The number of rotatable bonds is 8. The van der Waals surface area contributed by atoms with Crippen molar-refractivity contribution in [1.29, 1.82) is 0 Å². The van der Waals surface area contributed by atoms with E-state index in [1.165, 1.54) is 24.3 Å². The van der Waals surface area contributed by atoms with Gasteiger partial charge in [0.05, 0.1) is 32.8 Å². The number of hydrogen-bond donors (Lipinski definition) is 1. The van der Waals surface area contributed by atoms with Crippen LogP contribution in [0.5, 0.6) is 0 Å². The smallest absolute Gasteiger partial charge is 0.345 e. The van der Waals surface area contributed by atoms with Gasteiger partial charge >= 0.3 is 6.18 Å². The Hall–Kier alpha value is -3.61. The highest BCUT2D eigenvalue weighted by atomic mass is 35.5. The minimum absolute atomic E-state index is 0.0899. The lowest BCUT2D eigenvalue weighted by atomic mass is 10.1. The number of nitrogens with one attached hydrogen (secondary N) is 1. The number of benzene rings is 3. The molecule has 0 fully saturated rings. The average molecular weight is 596 g/mol. The molecule has 0 radical (unpaired) electrons. The van der Waals surface area contributed by atoms with Crippen LogP contribution in [-0.4, -0.2) is 25.6 Å². The maximum atomic E-state index is 13.1. The van der Waals surface area contributed by atoms with E-state index in [4.69, 9.17) is 23.2 Å². The van der Waals surface area contributed by atoms with E-state index in [1.807, 2.05) is 0 Å². The van der Waals surface area contributed by atoms with Crippen LogP contribution in [0.25, 0.3) is 5.69 Å². The quantitative estimate of drug-likeness (QED) is 0.133. The first-order valence-corrected chi connectivity index (χ1v) is 12.9. The Bertz CT molecular complexity index is 1560. The highest BCUT2D eigenvalue weighted by Crippen LogP contribution is 2.32. The van der Waals surface area contributed by atoms with E-state index in [2.05, 4.69) is 15.5 Å². The molecule has 0 unspecified atom stereocenters. The summed E-state index contributed by atoms with van der Waals surface area (Å²) >= 11 is 13.4. The Morgan fingerprint density at radius 1 is 1.08 bits per heavy atom. The van der Waals surface area contributed by atoms with Gasteiger partial charge in [-0.1, -0.05) is 59.2 Å². The number of nitrogens with zero attached hydrogens (tertiary/aromatic N) is 4. The first kappa shape index (κ1) is 28.4. The number of carbonyl (C=O) groups excluding carboxylic acids is 1. The molecule has 4 rings (SSSR count). The van der Waals surface area contributed by atoms with Crippen LogP contribution >= 0.6 is 35.0 Å². The molecule has 4 aromatic rings. The number of alkyl halides is 3. The van der Waals surface area contributed by atoms with Crippen LogP contribution in [0.2, 0.25) is 10.0 Å². The monoisotopic (exact) mass is 595 g/mol. The number of nitro groups is 1. The molecule has 14 heteroatoms. The van der Waals surface area contributed by atoms with Crippen LogP contribution in [0, 0.1) is 17.0 Å². The number of aromatic nitrogens is 3. The maximum absolute atomic E-state index is 13.1. The van der Waals surface area contributed by atoms with E-state index < -0.39 is 22.6 Å². The molecule has 0 saturated heterocycles. The van der Waals surface area contributed by atoms with E-state index in [-0.39, 0.29) is 34.4 Å². The van der Waals surface area contributed by atoms with Crippen molar-refractivity contribution in [3.05, 3.63) is 109 Å². The zero-order valence-electron chi connectivity index (χ0n) is 20.0. The summed E-state index contributed by atoms with van der Waals surface area (Å²) in [7, 11) is 0. The molecule has 0 aliphatic rings. The van der Waals surface area contributed by atoms with Crippen molar-refractivity contribution >= 4 is 46.6 Å². The summed E-state index contributed by atoms with van der Waals surface area (Å²) in [5, 5.41) is 23.1. The summed E-state index contributed by atoms with van der Waals surface area (Å²) in [6, 6.07) is 13.9. The van der Waals surface area contributed by atoms with Gasteiger partial charge in [0.2, 0.25) is 0 Å². The fourth-order valence-electron chi connectivity index (χ4n) is 3.59. The van der Waals surface area contributed by atoms with Crippen molar-refractivity contribution < 1.29 is 22.9 Å². The Labute approximate surface area is 234 Å². The second-order valence-electron chi connectivity index (χ2n) is 8.26. The third-order valence-electron chi connectivity index (χ3n) is 5.56. The lowest BCUT2D eigenvalue weighted by molar-refractivity contribution is -0.385. The Morgan fingerprint density at radius 3 is 2.54 bits per heavy atom. The fourth-order valence-corrected chi connectivity index (χ4v) is 4.79. The van der Waals surface area contributed by atoms with Crippen LogP contribution in [0.1, 0.15) is 32.9 Å². The molecule has 0 saturated carbocycles. The van der Waals surface area contributed by atoms with Gasteiger partial charge in [0, 0.05) is 22.9 Å². The molecule has 8 nitrogen and oxygen atoms in total. The molecule has 1 heterocycles. The van der Waals surface area contributed by atoms with Gasteiger partial charge in [-0.25, -0.2) is 0 Å². The normalized spacial score (nSPS) is 11.4. The lowest BCUT2D eigenvalue weighted by Crippen LogP contribution is -2.24. The van der Waals surface area contributed by atoms with Gasteiger partial charge in [-0.05, 0) is 42.8 Å². The summed E-state index contributed by atoms with van der Waals surface area (Å²) in [4.78, 5) is 23.4. The number of thioether (sulfide) groups is 1. The van der Waals surface area contributed by atoms with E-state index in [0.717, 1.165) is 23.9 Å². The SMILES string of the molecule is Cc1ccc(C(=O)NCc2nnc(SCc3cccc(C(F)(F)F)c3)n2-c2ccc(Cl)c(Cl)c2)cc1[N+](=O)[O-]. The van der Waals surface area contributed by atoms with Gasteiger partial charge in [-0.3, -0.25) is 19.5 Å². The van der Waals surface area contributed by atoms with Crippen LogP contribution < -0.4 is 5.32 Å². The first-order chi connectivity index (χ1) is 18.4. The zero-order valence-corrected chi connectivity index (χ0v) is 22.3. The van der Waals surface area contributed by atoms with Gasteiger partial charge in [0.15, 0.2) is 11.0 Å². The Morgan fingerprint density at radius 2 is 1.85 bits per heavy atom. The van der Waals surface area contributed by atoms with E-state index in [0.29, 0.717) is 27.0 Å². The van der Waals surface area contributed by atoms with Gasteiger partial charge in [-0.2, -0.15) is 13.2 Å². The van der Waals surface area contributed by atoms with E-state index in [1.54, 1.807) is 35.8 Å². The third kappa shape index (κ3) is 6.70. The lowest BCUT2D eigenvalue weighted by Gasteiger charge is -2.12. The third-order valence-corrected chi connectivity index (χ3v) is 7.30. The molecule has 0 aliphatic heterocycles. The Balaban J connectivity index is 1.60. The van der Waals surface area contributed by atoms with Gasteiger partial charge < -0.3 is 5.32 Å². The predicted octanol–water partition coefficient (Wildman–Crippen LogP) is 7.03. The van der Waals surface area contributed by atoms with Gasteiger partial charge in [-0.15, -0.1) is 10.2 Å². The van der Waals surface area contributed by atoms with E-state index >= 15 is 0 Å². The number of amides is 1. The molecule has 39 heavy (non-hydrogen) atoms. The number of nitro benzene ring substituents is 1. The largest absolute Gasteiger partial charge is 0.416 e. The fraction of sp³-hybridized carbons (Fsp3) is 0.160. The van der Waals surface area contributed by atoms with Crippen LogP contribution in [0.3, 0.4) is 0 Å². The molecule has 1 amide bonds. The van der Waals surface area contributed by atoms with Crippen molar-refractivity contribution in [2.24, 2.45) is 0 Å². The maximum Gasteiger partial charge on any atom is 0.416 e. The van der Waals surface area contributed by atoms with E-state index in [9.17, 15) is 28.1 Å². The Kier molecular flexibility index (Phi) is 8.48. The molecule has 1 aromatic heterocycles. The second-order valence-corrected chi connectivity index (χ2v) is 10.0. The highest BCUT2D eigenvalue weighted by Gasteiger charge is 2.30. The molecule has 0 bridgehead atoms. The molecule has 3 aromatic carbocycles. The molecule has 0 atom stereocenters. The summed E-state index contributed by atoms with van der Waals surface area (Å²) in [5.74, 6) is -0.127. The number of carbonyl (C=O) groups is 1. The van der Waals surface area contributed by atoms with Crippen LogP contribution in [0.4, 0.5) is 18.9 Å². The summed E-state index contributed by atoms with van der Waals surface area (Å²) in [6.45, 7) is 1.45. The van der Waals surface area contributed by atoms with Crippen LogP contribution in [0.15, 0.2) is 65.8 Å². The number of aryl methyl sites for hydroxylation is 1. The number of halogens is 5. The van der Waals surface area contributed by atoms with Crippen LogP contribution in [-0.2, 0) is 18.5 Å². The highest BCUT2D eigenvalue weighted by molar-refractivity contribution is 7.98.